The third-order valence-electron chi connectivity index (χ3n) is 3.56. The first-order chi connectivity index (χ1) is 9.17. The van der Waals surface area contributed by atoms with Crippen LogP contribution in [0.1, 0.15) is 38.2 Å². The Kier molecular flexibility index (Phi) is 4.46. The van der Waals surface area contributed by atoms with Crippen LogP contribution in [-0.2, 0) is 0 Å². The summed E-state index contributed by atoms with van der Waals surface area (Å²) in [5.41, 5.74) is 1.50. The number of carbonyl (C=O) groups excluding carboxylic acids is 1. The van der Waals surface area contributed by atoms with Gasteiger partial charge in [-0.3, -0.25) is 0 Å². The van der Waals surface area contributed by atoms with Gasteiger partial charge in [-0.15, -0.1) is 6.42 Å². The molecule has 100 valence electrons. The molecule has 2 amide bonds. The lowest BCUT2D eigenvalue weighted by Crippen LogP contribution is -2.40. The Morgan fingerprint density at radius 1 is 1.42 bits per heavy atom. The van der Waals surface area contributed by atoms with Crippen LogP contribution < -0.4 is 10.6 Å². The van der Waals surface area contributed by atoms with Gasteiger partial charge in [-0.2, -0.15) is 0 Å². The molecule has 0 spiro atoms. The molecule has 0 aromatic heterocycles. The average Bonchev–Trinajstić information content (AvgIpc) is 2.38. The molecule has 1 aliphatic carbocycles. The highest BCUT2D eigenvalue weighted by atomic mass is 16.2. The van der Waals surface area contributed by atoms with Crippen LogP contribution in [0, 0.1) is 18.3 Å². The Labute approximate surface area is 114 Å². The Hall–Kier alpha value is -1.95. The number of hydrogen-bond acceptors (Lipinski definition) is 1. The SMILES string of the molecule is C#Cc1cccc(NC(=O)N[C@@H]2CCC[C@H](C)C2)c1. The maximum Gasteiger partial charge on any atom is 0.319 e. The normalized spacial score (nSPS) is 22.3. The summed E-state index contributed by atoms with van der Waals surface area (Å²) in [5.74, 6) is 3.25. The van der Waals surface area contributed by atoms with E-state index in [1.54, 1.807) is 6.07 Å². The van der Waals surface area contributed by atoms with Gasteiger partial charge < -0.3 is 10.6 Å². The average molecular weight is 256 g/mol. The first-order valence-electron chi connectivity index (χ1n) is 6.81. The Bertz CT molecular complexity index is 490. The van der Waals surface area contributed by atoms with E-state index in [-0.39, 0.29) is 6.03 Å². The lowest BCUT2D eigenvalue weighted by molar-refractivity contribution is 0.238. The third kappa shape index (κ3) is 4.03. The van der Waals surface area contributed by atoms with Gasteiger partial charge in [-0.05, 0) is 37.0 Å². The van der Waals surface area contributed by atoms with E-state index in [2.05, 4.69) is 23.5 Å². The third-order valence-corrected chi connectivity index (χ3v) is 3.56. The summed E-state index contributed by atoms with van der Waals surface area (Å²) in [6, 6.07) is 7.46. The van der Waals surface area contributed by atoms with Crippen LogP contribution >= 0.6 is 0 Å². The molecule has 0 aliphatic heterocycles. The molecule has 3 heteroatoms. The van der Waals surface area contributed by atoms with Crippen LogP contribution in [0.3, 0.4) is 0 Å². The van der Waals surface area contributed by atoms with Crippen LogP contribution in [0.5, 0.6) is 0 Å². The molecule has 0 heterocycles. The number of terminal acetylenes is 1. The van der Waals surface area contributed by atoms with Crippen molar-refractivity contribution in [3.05, 3.63) is 29.8 Å². The molecule has 2 atom stereocenters. The minimum Gasteiger partial charge on any atom is -0.335 e. The summed E-state index contributed by atoms with van der Waals surface area (Å²) in [6.45, 7) is 2.24. The fourth-order valence-corrected chi connectivity index (χ4v) is 2.60. The Morgan fingerprint density at radius 2 is 2.26 bits per heavy atom. The van der Waals surface area contributed by atoms with E-state index >= 15 is 0 Å². The van der Waals surface area contributed by atoms with Crippen molar-refractivity contribution in [2.24, 2.45) is 5.92 Å². The fraction of sp³-hybridized carbons (Fsp3) is 0.438. The number of anilines is 1. The topological polar surface area (TPSA) is 41.1 Å². The van der Waals surface area contributed by atoms with Gasteiger partial charge in [0.05, 0.1) is 0 Å². The second kappa shape index (κ2) is 6.29. The minimum atomic E-state index is -0.145. The summed E-state index contributed by atoms with van der Waals surface area (Å²) >= 11 is 0. The Morgan fingerprint density at radius 3 is 3.00 bits per heavy atom. The molecule has 1 fully saturated rings. The predicted molar refractivity (Wildman–Crippen MR) is 78.0 cm³/mol. The highest BCUT2D eigenvalue weighted by molar-refractivity contribution is 5.89. The van der Waals surface area contributed by atoms with E-state index in [9.17, 15) is 4.79 Å². The largest absolute Gasteiger partial charge is 0.335 e. The zero-order chi connectivity index (χ0) is 13.7. The van der Waals surface area contributed by atoms with Gasteiger partial charge in [0.2, 0.25) is 0 Å². The predicted octanol–water partition coefficient (Wildman–Crippen LogP) is 3.37. The molecule has 1 aromatic rings. The number of nitrogens with one attached hydrogen (secondary N) is 2. The van der Waals surface area contributed by atoms with E-state index < -0.39 is 0 Å². The number of benzene rings is 1. The fourth-order valence-electron chi connectivity index (χ4n) is 2.60. The molecular formula is C16H20N2O. The first-order valence-corrected chi connectivity index (χ1v) is 6.81. The second-order valence-corrected chi connectivity index (χ2v) is 5.29. The standard InChI is InChI=1S/C16H20N2O/c1-3-13-7-5-9-15(11-13)18-16(19)17-14-8-4-6-12(2)10-14/h1,5,7,9,11-12,14H,4,6,8,10H2,2H3,(H2,17,18,19)/t12-,14+/m0/s1. The summed E-state index contributed by atoms with van der Waals surface area (Å²) in [6.07, 6.45) is 9.94. The van der Waals surface area contributed by atoms with Gasteiger partial charge in [0.1, 0.15) is 0 Å². The zero-order valence-electron chi connectivity index (χ0n) is 11.3. The molecule has 3 nitrogen and oxygen atoms in total. The maximum absolute atomic E-state index is 11.9. The summed E-state index contributed by atoms with van der Waals surface area (Å²) in [5, 5.41) is 5.87. The monoisotopic (exact) mass is 256 g/mol. The van der Waals surface area contributed by atoms with E-state index in [1.807, 2.05) is 18.2 Å². The molecular weight excluding hydrogens is 236 g/mol. The van der Waals surface area contributed by atoms with Crippen molar-refractivity contribution in [3.63, 3.8) is 0 Å². The smallest absolute Gasteiger partial charge is 0.319 e. The van der Waals surface area contributed by atoms with Gasteiger partial charge in [-0.25, -0.2) is 4.79 Å². The van der Waals surface area contributed by atoms with Gasteiger partial charge in [-0.1, -0.05) is 31.8 Å². The quantitative estimate of drug-likeness (QED) is 0.783. The number of rotatable bonds is 2. The first kappa shape index (κ1) is 13.5. The van der Waals surface area contributed by atoms with E-state index in [0.717, 1.165) is 24.1 Å². The second-order valence-electron chi connectivity index (χ2n) is 5.29. The van der Waals surface area contributed by atoms with Crippen LogP contribution in [0.15, 0.2) is 24.3 Å². The summed E-state index contributed by atoms with van der Waals surface area (Å²) in [7, 11) is 0. The van der Waals surface area contributed by atoms with E-state index in [1.165, 1.54) is 12.8 Å². The highest BCUT2D eigenvalue weighted by Gasteiger charge is 2.20. The maximum atomic E-state index is 11.9. The highest BCUT2D eigenvalue weighted by Crippen LogP contribution is 2.23. The molecule has 1 saturated carbocycles. The molecule has 0 bridgehead atoms. The minimum absolute atomic E-state index is 0.145. The number of hydrogen-bond donors (Lipinski definition) is 2. The van der Waals surface area contributed by atoms with Crippen molar-refractivity contribution >= 4 is 11.7 Å². The van der Waals surface area contributed by atoms with Crippen LogP contribution in [0.2, 0.25) is 0 Å². The molecule has 19 heavy (non-hydrogen) atoms. The molecule has 0 saturated heterocycles. The van der Waals surface area contributed by atoms with Crippen molar-refractivity contribution in [1.29, 1.82) is 0 Å². The van der Waals surface area contributed by atoms with Gasteiger partial charge in [0, 0.05) is 17.3 Å². The van der Waals surface area contributed by atoms with Crippen LogP contribution in [-0.4, -0.2) is 12.1 Å². The number of amides is 2. The van der Waals surface area contributed by atoms with Crippen molar-refractivity contribution in [2.75, 3.05) is 5.32 Å². The summed E-state index contributed by atoms with van der Waals surface area (Å²) in [4.78, 5) is 11.9. The van der Waals surface area contributed by atoms with E-state index in [0.29, 0.717) is 12.0 Å². The molecule has 2 rings (SSSR count). The summed E-state index contributed by atoms with van der Waals surface area (Å²) < 4.78 is 0. The van der Waals surface area contributed by atoms with Crippen molar-refractivity contribution in [3.8, 4) is 12.3 Å². The molecule has 2 N–H and O–H groups in total. The van der Waals surface area contributed by atoms with E-state index in [4.69, 9.17) is 6.42 Å². The molecule has 0 radical (unpaired) electrons. The van der Waals surface area contributed by atoms with Crippen LogP contribution in [0.4, 0.5) is 10.5 Å². The lowest BCUT2D eigenvalue weighted by atomic mass is 9.87. The van der Waals surface area contributed by atoms with Crippen molar-refractivity contribution in [1.82, 2.24) is 5.32 Å². The number of carbonyl (C=O) groups is 1. The van der Waals surface area contributed by atoms with Gasteiger partial charge in [0.25, 0.3) is 0 Å². The molecule has 1 aliphatic rings. The van der Waals surface area contributed by atoms with Gasteiger partial charge >= 0.3 is 6.03 Å². The van der Waals surface area contributed by atoms with Crippen molar-refractivity contribution in [2.45, 2.75) is 38.6 Å². The van der Waals surface area contributed by atoms with Gasteiger partial charge in [0.15, 0.2) is 0 Å². The molecule has 0 unspecified atom stereocenters. The zero-order valence-corrected chi connectivity index (χ0v) is 11.3. The lowest BCUT2D eigenvalue weighted by Gasteiger charge is -2.27. The van der Waals surface area contributed by atoms with Crippen LogP contribution in [0.25, 0.3) is 0 Å². The number of urea groups is 1. The van der Waals surface area contributed by atoms with Crippen molar-refractivity contribution < 1.29 is 4.79 Å². The Balaban J connectivity index is 1.88. The molecule has 1 aromatic carbocycles.